The van der Waals surface area contributed by atoms with E-state index in [1.54, 1.807) is 54.4 Å². The van der Waals surface area contributed by atoms with Gasteiger partial charge < -0.3 is 10.2 Å². The Morgan fingerprint density at radius 3 is 2.11 bits per heavy atom. The van der Waals surface area contributed by atoms with Crippen molar-refractivity contribution in [3.8, 4) is 0 Å². The number of carbonyl (C=O) groups excluding carboxylic acids is 2. The summed E-state index contributed by atoms with van der Waals surface area (Å²) in [5.74, 6) is -0.851. The van der Waals surface area contributed by atoms with E-state index in [1.165, 1.54) is 6.07 Å². The SMILES string of the molecule is CN(C(=O)c1ccc(C(=O)NCc2ccccc2F)cc1)c1ccccc1. The van der Waals surface area contributed by atoms with Gasteiger partial charge in [0.15, 0.2) is 0 Å². The van der Waals surface area contributed by atoms with Gasteiger partial charge in [0.1, 0.15) is 5.82 Å². The molecule has 0 aliphatic heterocycles. The Hall–Kier alpha value is -3.47. The maximum atomic E-state index is 13.6. The molecule has 2 amide bonds. The molecule has 3 rings (SSSR count). The summed E-state index contributed by atoms with van der Waals surface area (Å²) in [6.45, 7) is 0.100. The second kappa shape index (κ2) is 8.27. The Morgan fingerprint density at radius 2 is 1.44 bits per heavy atom. The standard InChI is InChI=1S/C22H19FN2O2/c1-25(19-8-3-2-4-9-19)22(27)17-13-11-16(12-14-17)21(26)24-15-18-7-5-6-10-20(18)23/h2-14H,15H2,1H3,(H,24,26). The zero-order valence-corrected chi connectivity index (χ0v) is 14.9. The average Bonchev–Trinajstić information content (AvgIpc) is 2.72. The van der Waals surface area contributed by atoms with Gasteiger partial charge in [-0.15, -0.1) is 0 Å². The number of para-hydroxylation sites is 1. The predicted octanol–water partition coefficient (Wildman–Crippen LogP) is 4.03. The average molecular weight is 362 g/mol. The van der Waals surface area contributed by atoms with Gasteiger partial charge >= 0.3 is 0 Å². The molecule has 4 nitrogen and oxygen atoms in total. The molecule has 0 fully saturated rings. The van der Waals surface area contributed by atoms with Crippen LogP contribution < -0.4 is 10.2 Å². The highest BCUT2D eigenvalue weighted by molar-refractivity contribution is 6.06. The van der Waals surface area contributed by atoms with Crippen molar-refractivity contribution in [3.63, 3.8) is 0 Å². The van der Waals surface area contributed by atoms with Crippen molar-refractivity contribution in [3.05, 3.63) is 101 Å². The first kappa shape index (κ1) is 18.3. The summed E-state index contributed by atoms with van der Waals surface area (Å²) < 4.78 is 13.6. The highest BCUT2D eigenvalue weighted by Crippen LogP contribution is 2.15. The fraction of sp³-hybridized carbons (Fsp3) is 0.0909. The van der Waals surface area contributed by atoms with Gasteiger partial charge in [-0.2, -0.15) is 0 Å². The van der Waals surface area contributed by atoms with Gasteiger partial charge in [0, 0.05) is 36.0 Å². The molecule has 27 heavy (non-hydrogen) atoms. The first-order valence-electron chi connectivity index (χ1n) is 8.51. The van der Waals surface area contributed by atoms with Crippen molar-refractivity contribution >= 4 is 17.5 Å². The molecule has 0 saturated heterocycles. The number of rotatable bonds is 5. The zero-order valence-electron chi connectivity index (χ0n) is 14.9. The number of nitrogens with zero attached hydrogens (tertiary/aromatic N) is 1. The predicted molar refractivity (Wildman–Crippen MR) is 103 cm³/mol. The molecule has 0 heterocycles. The molecule has 0 aliphatic carbocycles. The number of carbonyl (C=O) groups is 2. The molecule has 3 aromatic carbocycles. The first-order chi connectivity index (χ1) is 13.1. The summed E-state index contributed by atoms with van der Waals surface area (Å²) >= 11 is 0. The lowest BCUT2D eigenvalue weighted by atomic mass is 10.1. The van der Waals surface area contributed by atoms with Crippen LogP contribution in [0.4, 0.5) is 10.1 Å². The van der Waals surface area contributed by atoms with Crippen LogP contribution in [-0.2, 0) is 6.54 Å². The number of nitrogens with one attached hydrogen (secondary N) is 1. The molecule has 0 spiro atoms. The van der Waals surface area contributed by atoms with E-state index in [-0.39, 0.29) is 24.2 Å². The third kappa shape index (κ3) is 4.39. The molecule has 0 aliphatic rings. The van der Waals surface area contributed by atoms with Crippen LogP contribution in [0.5, 0.6) is 0 Å². The number of anilines is 1. The van der Waals surface area contributed by atoms with Gasteiger partial charge in [-0.3, -0.25) is 9.59 Å². The van der Waals surface area contributed by atoms with E-state index in [2.05, 4.69) is 5.32 Å². The largest absolute Gasteiger partial charge is 0.348 e. The van der Waals surface area contributed by atoms with Crippen molar-refractivity contribution in [2.75, 3.05) is 11.9 Å². The number of benzene rings is 3. The highest BCUT2D eigenvalue weighted by Gasteiger charge is 2.14. The maximum absolute atomic E-state index is 13.6. The van der Waals surface area contributed by atoms with Crippen LogP contribution in [0.15, 0.2) is 78.9 Å². The molecular formula is C22H19FN2O2. The number of hydrogen-bond donors (Lipinski definition) is 1. The minimum atomic E-state index is -0.359. The van der Waals surface area contributed by atoms with Crippen molar-refractivity contribution in [2.45, 2.75) is 6.54 Å². The Kier molecular flexibility index (Phi) is 5.61. The fourth-order valence-electron chi connectivity index (χ4n) is 2.65. The second-order valence-electron chi connectivity index (χ2n) is 6.05. The van der Waals surface area contributed by atoms with Gasteiger partial charge in [0.05, 0.1) is 0 Å². The van der Waals surface area contributed by atoms with E-state index in [4.69, 9.17) is 0 Å². The summed E-state index contributed by atoms with van der Waals surface area (Å²) in [5, 5.41) is 2.68. The fourth-order valence-corrected chi connectivity index (χ4v) is 2.65. The smallest absolute Gasteiger partial charge is 0.258 e. The van der Waals surface area contributed by atoms with Crippen LogP contribution in [0.3, 0.4) is 0 Å². The lowest BCUT2D eigenvalue weighted by Gasteiger charge is -2.17. The normalized spacial score (nSPS) is 10.3. The van der Waals surface area contributed by atoms with Crippen molar-refractivity contribution in [1.82, 2.24) is 5.32 Å². The van der Waals surface area contributed by atoms with Crippen LogP contribution in [0.1, 0.15) is 26.3 Å². The molecule has 0 unspecified atom stereocenters. The summed E-state index contributed by atoms with van der Waals surface area (Å²) in [6, 6.07) is 22.0. The second-order valence-corrected chi connectivity index (χ2v) is 6.05. The summed E-state index contributed by atoms with van der Waals surface area (Å²) in [6.07, 6.45) is 0. The molecule has 1 N–H and O–H groups in total. The summed E-state index contributed by atoms with van der Waals surface area (Å²) in [5.41, 5.74) is 2.09. The quantitative estimate of drug-likeness (QED) is 0.745. The summed E-state index contributed by atoms with van der Waals surface area (Å²) in [7, 11) is 1.70. The lowest BCUT2D eigenvalue weighted by Crippen LogP contribution is -2.26. The van der Waals surface area contributed by atoms with Crippen molar-refractivity contribution in [2.24, 2.45) is 0 Å². The van der Waals surface area contributed by atoms with Crippen LogP contribution in [0.2, 0.25) is 0 Å². The molecule has 5 heteroatoms. The van der Waals surface area contributed by atoms with E-state index in [0.717, 1.165) is 5.69 Å². The van der Waals surface area contributed by atoms with Gasteiger partial charge in [0.25, 0.3) is 11.8 Å². The monoisotopic (exact) mass is 362 g/mol. The van der Waals surface area contributed by atoms with Crippen LogP contribution in [0.25, 0.3) is 0 Å². The van der Waals surface area contributed by atoms with E-state index >= 15 is 0 Å². The zero-order chi connectivity index (χ0) is 19.2. The first-order valence-corrected chi connectivity index (χ1v) is 8.51. The maximum Gasteiger partial charge on any atom is 0.258 e. The Labute approximate surface area is 157 Å². The Morgan fingerprint density at radius 1 is 0.852 bits per heavy atom. The van der Waals surface area contributed by atoms with Crippen molar-refractivity contribution < 1.29 is 14.0 Å². The van der Waals surface area contributed by atoms with E-state index < -0.39 is 0 Å². The van der Waals surface area contributed by atoms with Crippen LogP contribution in [-0.4, -0.2) is 18.9 Å². The molecule has 0 aromatic heterocycles. The molecular weight excluding hydrogens is 343 g/mol. The third-order valence-electron chi connectivity index (χ3n) is 4.24. The molecule has 0 atom stereocenters. The number of halogens is 1. The lowest BCUT2D eigenvalue weighted by molar-refractivity contribution is 0.0947. The highest BCUT2D eigenvalue weighted by atomic mass is 19.1. The minimum absolute atomic E-state index is 0.100. The van der Waals surface area contributed by atoms with E-state index in [0.29, 0.717) is 16.7 Å². The van der Waals surface area contributed by atoms with Gasteiger partial charge in [0.2, 0.25) is 0 Å². The minimum Gasteiger partial charge on any atom is -0.348 e. The van der Waals surface area contributed by atoms with Crippen LogP contribution >= 0.6 is 0 Å². The number of amides is 2. The van der Waals surface area contributed by atoms with E-state index in [9.17, 15) is 14.0 Å². The van der Waals surface area contributed by atoms with E-state index in [1.807, 2.05) is 30.3 Å². The molecule has 0 radical (unpaired) electrons. The topological polar surface area (TPSA) is 49.4 Å². The molecule has 0 saturated carbocycles. The molecule has 136 valence electrons. The van der Waals surface area contributed by atoms with Gasteiger partial charge in [-0.1, -0.05) is 36.4 Å². The van der Waals surface area contributed by atoms with Crippen molar-refractivity contribution in [1.29, 1.82) is 0 Å². The molecule has 3 aromatic rings. The van der Waals surface area contributed by atoms with Gasteiger partial charge in [-0.05, 0) is 42.5 Å². The van der Waals surface area contributed by atoms with Gasteiger partial charge in [-0.25, -0.2) is 4.39 Å². The Bertz CT molecular complexity index is 940. The molecule has 0 bridgehead atoms. The Balaban J connectivity index is 1.65. The third-order valence-corrected chi connectivity index (χ3v) is 4.24. The summed E-state index contributed by atoms with van der Waals surface area (Å²) in [4.78, 5) is 26.3. The number of hydrogen-bond acceptors (Lipinski definition) is 2. The van der Waals surface area contributed by atoms with Crippen LogP contribution in [0, 0.1) is 5.82 Å².